The number of hydrogen-bond acceptors (Lipinski definition) is 3. The van der Waals surface area contributed by atoms with Gasteiger partial charge in [-0.3, -0.25) is 4.79 Å². The van der Waals surface area contributed by atoms with Gasteiger partial charge in [0, 0.05) is 12.5 Å². The minimum absolute atomic E-state index is 0.183. The number of ether oxygens (including phenoxy) is 1. The minimum atomic E-state index is -0.271. The number of nitrogens with one attached hydrogen (secondary N) is 1. The molecule has 1 heterocycles. The maximum atomic E-state index is 13.0. The average Bonchev–Trinajstić information content (AvgIpc) is 2.64. The van der Waals surface area contributed by atoms with Gasteiger partial charge < -0.3 is 10.1 Å². The van der Waals surface area contributed by atoms with E-state index in [1.54, 1.807) is 24.3 Å². The van der Waals surface area contributed by atoms with Crippen molar-refractivity contribution in [3.05, 3.63) is 58.5 Å². The predicted molar refractivity (Wildman–Crippen MR) is 99.2 cm³/mol. The minimum Gasteiger partial charge on any atom is -0.477 e. The van der Waals surface area contributed by atoms with Gasteiger partial charge in [-0.25, -0.2) is 9.37 Å². The van der Waals surface area contributed by atoms with E-state index in [1.807, 2.05) is 0 Å². The Morgan fingerprint density at radius 3 is 2.62 bits per heavy atom. The first-order valence-electron chi connectivity index (χ1n) is 8.96. The SMILES string of the molecule is O=C(NC1CCCCC1)c1ccc(Cl)nc1OCCc1ccc(F)cc1. The summed E-state index contributed by atoms with van der Waals surface area (Å²) in [5.41, 5.74) is 1.33. The first-order valence-corrected chi connectivity index (χ1v) is 9.34. The molecule has 0 unspecified atom stereocenters. The van der Waals surface area contributed by atoms with Crippen LogP contribution < -0.4 is 10.1 Å². The summed E-state index contributed by atoms with van der Waals surface area (Å²) in [5.74, 6) is -0.224. The Hall–Kier alpha value is -2.14. The standard InChI is InChI=1S/C20H22ClFN2O2/c21-18-11-10-17(19(25)23-16-4-2-1-3-5-16)20(24-18)26-13-12-14-6-8-15(22)9-7-14/h6-11,16H,1-5,12-13H2,(H,23,25). The molecule has 4 nitrogen and oxygen atoms in total. The van der Waals surface area contributed by atoms with Crippen LogP contribution >= 0.6 is 11.6 Å². The molecular formula is C20H22ClFN2O2. The van der Waals surface area contributed by atoms with Crippen molar-refractivity contribution in [2.75, 3.05) is 6.61 Å². The van der Waals surface area contributed by atoms with E-state index in [-0.39, 0.29) is 28.8 Å². The van der Waals surface area contributed by atoms with Gasteiger partial charge in [0.05, 0.1) is 6.61 Å². The number of rotatable bonds is 6. The zero-order valence-corrected chi connectivity index (χ0v) is 15.3. The molecule has 1 fully saturated rings. The van der Waals surface area contributed by atoms with E-state index in [1.165, 1.54) is 18.6 Å². The Bertz CT molecular complexity index is 746. The number of carbonyl (C=O) groups is 1. The van der Waals surface area contributed by atoms with E-state index in [4.69, 9.17) is 16.3 Å². The molecule has 0 aliphatic heterocycles. The highest BCUT2D eigenvalue weighted by atomic mass is 35.5. The van der Waals surface area contributed by atoms with Crippen molar-refractivity contribution in [2.45, 2.75) is 44.6 Å². The molecule has 1 saturated carbocycles. The van der Waals surface area contributed by atoms with Crippen molar-refractivity contribution in [1.82, 2.24) is 10.3 Å². The lowest BCUT2D eigenvalue weighted by Gasteiger charge is -2.23. The van der Waals surface area contributed by atoms with Crippen LogP contribution in [0.5, 0.6) is 5.88 Å². The highest BCUT2D eigenvalue weighted by Crippen LogP contribution is 2.22. The van der Waals surface area contributed by atoms with Gasteiger partial charge in [-0.15, -0.1) is 0 Å². The second-order valence-electron chi connectivity index (χ2n) is 6.52. The van der Waals surface area contributed by atoms with E-state index >= 15 is 0 Å². The van der Waals surface area contributed by atoms with Crippen molar-refractivity contribution in [1.29, 1.82) is 0 Å². The van der Waals surface area contributed by atoms with Crippen molar-refractivity contribution in [3.63, 3.8) is 0 Å². The summed E-state index contributed by atoms with van der Waals surface area (Å²) in [4.78, 5) is 16.8. The lowest BCUT2D eigenvalue weighted by Crippen LogP contribution is -2.36. The molecule has 26 heavy (non-hydrogen) atoms. The fourth-order valence-corrected chi connectivity index (χ4v) is 3.27. The van der Waals surface area contributed by atoms with Crippen LogP contribution in [0.1, 0.15) is 48.0 Å². The number of amides is 1. The summed E-state index contributed by atoms with van der Waals surface area (Å²) in [5, 5.41) is 3.34. The number of pyridine rings is 1. The molecule has 0 bridgehead atoms. The topological polar surface area (TPSA) is 51.2 Å². The van der Waals surface area contributed by atoms with Crippen LogP contribution in [0.3, 0.4) is 0 Å². The Labute approximate surface area is 157 Å². The maximum absolute atomic E-state index is 13.0. The largest absolute Gasteiger partial charge is 0.477 e. The number of hydrogen-bond donors (Lipinski definition) is 1. The first-order chi connectivity index (χ1) is 12.6. The Balaban J connectivity index is 1.63. The molecule has 1 N–H and O–H groups in total. The lowest BCUT2D eigenvalue weighted by molar-refractivity contribution is 0.0922. The molecule has 1 aliphatic rings. The number of carbonyl (C=O) groups excluding carboxylic acids is 1. The summed E-state index contributed by atoms with van der Waals surface area (Å²) in [6.07, 6.45) is 6.11. The Morgan fingerprint density at radius 1 is 1.15 bits per heavy atom. The third-order valence-corrected chi connectivity index (χ3v) is 4.76. The van der Waals surface area contributed by atoms with Gasteiger partial charge in [0.25, 0.3) is 5.91 Å². The molecular weight excluding hydrogens is 355 g/mol. The number of halogens is 2. The molecule has 6 heteroatoms. The summed E-state index contributed by atoms with van der Waals surface area (Å²) in [7, 11) is 0. The van der Waals surface area contributed by atoms with Crippen LogP contribution in [0.15, 0.2) is 36.4 Å². The lowest BCUT2D eigenvalue weighted by atomic mass is 9.95. The van der Waals surface area contributed by atoms with Gasteiger partial charge in [-0.1, -0.05) is 43.0 Å². The molecule has 0 radical (unpaired) electrons. The third kappa shape index (κ3) is 5.18. The Morgan fingerprint density at radius 2 is 1.88 bits per heavy atom. The van der Waals surface area contributed by atoms with Gasteiger partial charge >= 0.3 is 0 Å². The van der Waals surface area contributed by atoms with Crippen LogP contribution in [0.25, 0.3) is 0 Å². The van der Waals surface area contributed by atoms with Crippen molar-refractivity contribution < 1.29 is 13.9 Å². The third-order valence-electron chi connectivity index (χ3n) is 4.55. The molecule has 1 aromatic carbocycles. The fourth-order valence-electron chi connectivity index (χ4n) is 3.13. The van der Waals surface area contributed by atoms with E-state index in [9.17, 15) is 9.18 Å². The van der Waals surface area contributed by atoms with Crippen LogP contribution in [0.4, 0.5) is 4.39 Å². The van der Waals surface area contributed by atoms with Crippen LogP contribution in [0.2, 0.25) is 5.15 Å². The van der Waals surface area contributed by atoms with E-state index in [0.29, 0.717) is 18.6 Å². The molecule has 3 rings (SSSR count). The highest BCUT2D eigenvalue weighted by Gasteiger charge is 2.20. The molecule has 2 aromatic rings. The van der Waals surface area contributed by atoms with E-state index < -0.39 is 0 Å². The molecule has 1 aliphatic carbocycles. The van der Waals surface area contributed by atoms with Gasteiger partial charge in [-0.05, 0) is 42.7 Å². The monoisotopic (exact) mass is 376 g/mol. The molecule has 1 aromatic heterocycles. The van der Waals surface area contributed by atoms with Crippen molar-refractivity contribution in [3.8, 4) is 5.88 Å². The van der Waals surface area contributed by atoms with Gasteiger partial charge in [0.1, 0.15) is 16.5 Å². The molecule has 1 amide bonds. The van der Waals surface area contributed by atoms with Gasteiger partial charge in [0.2, 0.25) is 5.88 Å². The average molecular weight is 377 g/mol. The summed E-state index contributed by atoms with van der Waals surface area (Å²) >= 11 is 5.96. The molecule has 0 saturated heterocycles. The predicted octanol–water partition coefficient (Wildman–Crippen LogP) is 4.56. The molecule has 0 spiro atoms. The van der Waals surface area contributed by atoms with E-state index in [2.05, 4.69) is 10.3 Å². The molecule has 138 valence electrons. The second kappa shape index (κ2) is 8.99. The highest BCUT2D eigenvalue weighted by molar-refractivity contribution is 6.29. The summed E-state index contributed by atoms with van der Waals surface area (Å²) < 4.78 is 18.7. The number of nitrogens with zero attached hydrogens (tertiary/aromatic N) is 1. The fraction of sp³-hybridized carbons (Fsp3) is 0.400. The van der Waals surface area contributed by atoms with Gasteiger partial charge in [0.15, 0.2) is 0 Å². The summed E-state index contributed by atoms with van der Waals surface area (Å²) in [6.45, 7) is 0.322. The zero-order valence-electron chi connectivity index (χ0n) is 14.5. The number of aromatic nitrogens is 1. The summed E-state index contributed by atoms with van der Waals surface area (Å²) in [6, 6.07) is 9.68. The smallest absolute Gasteiger partial charge is 0.256 e. The normalized spacial score (nSPS) is 14.8. The second-order valence-corrected chi connectivity index (χ2v) is 6.91. The maximum Gasteiger partial charge on any atom is 0.256 e. The Kier molecular flexibility index (Phi) is 6.45. The van der Waals surface area contributed by atoms with Crippen LogP contribution in [0, 0.1) is 5.82 Å². The van der Waals surface area contributed by atoms with Crippen LogP contribution in [-0.4, -0.2) is 23.5 Å². The number of benzene rings is 1. The first kappa shape index (κ1) is 18.6. The van der Waals surface area contributed by atoms with Crippen molar-refractivity contribution >= 4 is 17.5 Å². The van der Waals surface area contributed by atoms with Crippen molar-refractivity contribution in [2.24, 2.45) is 0 Å². The zero-order chi connectivity index (χ0) is 18.4. The van der Waals surface area contributed by atoms with Gasteiger partial charge in [-0.2, -0.15) is 0 Å². The van der Waals surface area contributed by atoms with Crippen LogP contribution in [-0.2, 0) is 6.42 Å². The molecule has 0 atom stereocenters. The quantitative estimate of drug-likeness (QED) is 0.752. The van der Waals surface area contributed by atoms with E-state index in [0.717, 1.165) is 31.2 Å².